The van der Waals surface area contributed by atoms with Crippen molar-refractivity contribution in [2.24, 2.45) is 5.92 Å². The number of nitrogens with one attached hydrogen (secondary N) is 3. The molecule has 0 fully saturated rings. The molecule has 5 rings (SSSR count). The standard InChI is InChI=1S/C47H42N4O11/c1-26(29-11-15-34(53)16-12-29)23-35(54)24-28-5-7-30(8-6-28)40(55)25-32(21-22-48)46(59)49-33-13-9-31(10-14-33)45(58)50-38-20-18-37(42(57)44(38)62-4)47(60)51-39-19-17-36(27(2)52)41(56)43(39)61-3/h5-20,23,32,53,56-57H,21,24-25H2,1-4H3,(H,49,59)(H,50,58)(H,51,60)/b26-23+/t32-/m1/s1. The number of benzene rings is 5. The summed E-state index contributed by atoms with van der Waals surface area (Å²) in [4.78, 5) is 77.3. The summed E-state index contributed by atoms with van der Waals surface area (Å²) < 4.78 is 10.5. The molecule has 1 atom stereocenters. The number of ketones is 3. The van der Waals surface area contributed by atoms with Crippen LogP contribution in [0.3, 0.4) is 0 Å². The number of Topliss-reactive ketones (excluding diaryl/α,β-unsaturated/α-hetero) is 2. The minimum Gasteiger partial charge on any atom is -0.508 e. The van der Waals surface area contributed by atoms with Crippen molar-refractivity contribution < 1.29 is 53.6 Å². The Labute approximate surface area is 356 Å². The van der Waals surface area contributed by atoms with Gasteiger partial charge in [-0.25, -0.2) is 0 Å². The Balaban J connectivity index is 1.18. The largest absolute Gasteiger partial charge is 0.508 e. The summed E-state index contributed by atoms with van der Waals surface area (Å²) in [6.07, 6.45) is 1.12. The van der Waals surface area contributed by atoms with Crippen LogP contribution in [0.1, 0.15) is 79.2 Å². The molecule has 15 nitrogen and oxygen atoms in total. The summed E-state index contributed by atoms with van der Waals surface area (Å²) in [5.74, 6) is -5.31. The van der Waals surface area contributed by atoms with Crippen LogP contribution in [-0.4, -0.2) is 64.6 Å². The van der Waals surface area contributed by atoms with Crippen LogP contribution in [0.4, 0.5) is 17.1 Å². The SMILES string of the molecule is COc1c(NC(=O)c2ccc(NC(=O)c3ccc(NC(=O)[C@H](CC#N)CC(=O)c4ccc(CC(=O)/C=C(\C)c5ccc(O)cc5)cc4)cc3)c(OC)c2O)ccc(C(C)=O)c1O. The first kappa shape index (κ1) is 44.8. The number of carbonyl (C=O) groups is 6. The number of nitriles is 1. The number of hydrogen-bond acceptors (Lipinski definition) is 12. The van der Waals surface area contributed by atoms with Gasteiger partial charge in [0.2, 0.25) is 5.91 Å². The molecule has 0 heterocycles. The number of hydrogen-bond donors (Lipinski definition) is 6. The number of phenolic OH excluding ortho intramolecular Hbond substituents is 3. The molecule has 3 amide bonds. The van der Waals surface area contributed by atoms with E-state index >= 15 is 0 Å². The fourth-order valence-corrected chi connectivity index (χ4v) is 6.37. The van der Waals surface area contributed by atoms with Crippen LogP contribution in [0.25, 0.3) is 5.57 Å². The van der Waals surface area contributed by atoms with E-state index < -0.39 is 40.9 Å². The van der Waals surface area contributed by atoms with Crippen molar-refractivity contribution in [3.8, 4) is 34.8 Å². The summed E-state index contributed by atoms with van der Waals surface area (Å²) in [6, 6.07) is 25.9. The second-order valence-corrected chi connectivity index (χ2v) is 14.0. The number of allylic oxidation sites excluding steroid dienone is 2. The van der Waals surface area contributed by atoms with Crippen LogP contribution >= 0.6 is 0 Å². The predicted molar refractivity (Wildman–Crippen MR) is 230 cm³/mol. The zero-order valence-electron chi connectivity index (χ0n) is 34.1. The van der Waals surface area contributed by atoms with Gasteiger partial charge in [-0.3, -0.25) is 28.8 Å². The van der Waals surface area contributed by atoms with Gasteiger partial charge in [-0.2, -0.15) is 5.26 Å². The van der Waals surface area contributed by atoms with E-state index in [1.54, 1.807) is 43.3 Å². The van der Waals surface area contributed by atoms with Gasteiger partial charge in [0.15, 0.2) is 40.3 Å². The maximum absolute atomic E-state index is 13.2. The van der Waals surface area contributed by atoms with E-state index in [0.29, 0.717) is 11.1 Å². The second kappa shape index (κ2) is 20.1. The molecular formula is C47H42N4O11. The van der Waals surface area contributed by atoms with Gasteiger partial charge in [0.05, 0.1) is 48.7 Å². The first-order chi connectivity index (χ1) is 29.6. The van der Waals surface area contributed by atoms with E-state index in [9.17, 15) is 49.3 Å². The van der Waals surface area contributed by atoms with Gasteiger partial charge in [-0.1, -0.05) is 36.4 Å². The van der Waals surface area contributed by atoms with Crippen molar-refractivity contribution in [1.29, 1.82) is 5.26 Å². The number of phenols is 3. The van der Waals surface area contributed by atoms with E-state index in [2.05, 4.69) is 16.0 Å². The molecule has 0 saturated heterocycles. The van der Waals surface area contributed by atoms with Crippen molar-refractivity contribution in [1.82, 2.24) is 0 Å². The molecule has 6 N–H and O–H groups in total. The summed E-state index contributed by atoms with van der Waals surface area (Å²) >= 11 is 0. The molecule has 0 aromatic heterocycles. The predicted octanol–water partition coefficient (Wildman–Crippen LogP) is 7.48. The van der Waals surface area contributed by atoms with Crippen LogP contribution in [0.15, 0.2) is 103 Å². The highest BCUT2D eigenvalue weighted by Crippen LogP contribution is 2.40. The molecule has 5 aromatic carbocycles. The Morgan fingerprint density at radius 1 is 0.661 bits per heavy atom. The quantitative estimate of drug-likeness (QED) is 0.0394. The monoisotopic (exact) mass is 838 g/mol. The number of nitrogens with zero attached hydrogens (tertiary/aromatic N) is 1. The molecule has 0 bridgehead atoms. The molecule has 0 aliphatic heterocycles. The zero-order valence-corrected chi connectivity index (χ0v) is 34.1. The maximum Gasteiger partial charge on any atom is 0.259 e. The number of aromatic hydroxyl groups is 3. The topological polar surface area (TPSA) is 241 Å². The molecule has 15 heteroatoms. The summed E-state index contributed by atoms with van der Waals surface area (Å²) in [5.41, 5.74) is 2.73. The average molecular weight is 839 g/mol. The summed E-state index contributed by atoms with van der Waals surface area (Å²) in [5, 5.41) is 48.1. The summed E-state index contributed by atoms with van der Waals surface area (Å²) in [7, 11) is 2.47. The molecule has 0 unspecified atom stereocenters. The summed E-state index contributed by atoms with van der Waals surface area (Å²) in [6.45, 7) is 3.05. The molecule has 5 aromatic rings. The molecule has 0 aliphatic carbocycles. The maximum atomic E-state index is 13.2. The van der Waals surface area contributed by atoms with Crippen molar-refractivity contribution in [2.45, 2.75) is 33.1 Å². The lowest BCUT2D eigenvalue weighted by atomic mass is 9.94. The number of amides is 3. The smallest absolute Gasteiger partial charge is 0.259 e. The molecular weight excluding hydrogens is 797 g/mol. The fraction of sp³-hybridized carbons (Fsp3) is 0.170. The van der Waals surface area contributed by atoms with Crippen molar-refractivity contribution in [3.63, 3.8) is 0 Å². The Bertz CT molecular complexity index is 2610. The highest BCUT2D eigenvalue weighted by atomic mass is 16.5. The van der Waals surface area contributed by atoms with Gasteiger partial charge in [-0.15, -0.1) is 0 Å². The molecule has 0 radical (unpaired) electrons. The Morgan fingerprint density at radius 3 is 1.76 bits per heavy atom. The van der Waals surface area contributed by atoms with Crippen molar-refractivity contribution in [2.75, 3.05) is 30.2 Å². The van der Waals surface area contributed by atoms with Crippen LogP contribution in [0.5, 0.6) is 28.7 Å². The lowest BCUT2D eigenvalue weighted by molar-refractivity contribution is -0.119. The third-order valence-electron chi connectivity index (χ3n) is 9.70. The molecule has 0 spiro atoms. The Kier molecular flexibility index (Phi) is 14.6. The molecule has 0 saturated carbocycles. The lowest BCUT2D eigenvalue weighted by Crippen LogP contribution is -2.25. The average Bonchev–Trinajstić information content (AvgIpc) is 3.24. The third-order valence-corrected chi connectivity index (χ3v) is 9.70. The van der Waals surface area contributed by atoms with Crippen LogP contribution in [0, 0.1) is 17.2 Å². The van der Waals surface area contributed by atoms with E-state index in [4.69, 9.17) is 9.47 Å². The number of carbonyl (C=O) groups excluding carboxylic acids is 6. The van der Waals surface area contributed by atoms with Gasteiger partial charge in [0.25, 0.3) is 11.8 Å². The zero-order chi connectivity index (χ0) is 45.1. The minimum atomic E-state index is -0.989. The first-order valence-corrected chi connectivity index (χ1v) is 19.0. The highest BCUT2D eigenvalue weighted by Gasteiger charge is 2.25. The van der Waals surface area contributed by atoms with Gasteiger partial charge >= 0.3 is 0 Å². The normalized spacial score (nSPS) is 11.4. The number of rotatable bonds is 17. The van der Waals surface area contributed by atoms with Gasteiger partial charge in [0, 0.05) is 36.1 Å². The first-order valence-electron chi connectivity index (χ1n) is 19.0. The lowest BCUT2D eigenvalue weighted by Gasteiger charge is -2.16. The van der Waals surface area contributed by atoms with Gasteiger partial charge < -0.3 is 40.7 Å². The number of ether oxygens (including phenoxy) is 2. The van der Waals surface area contributed by atoms with E-state index in [0.717, 1.165) is 11.1 Å². The van der Waals surface area contributed by atoms with E-state index in [1.807, 2.05) is 6.07 Å². The fourth-order valence-electron chi connectivity index (χ4n) is 6.37. The van der Waals surface area contributed by atoms with E-state index in [1.165, 1.54) is 87.9 Å². The van der Waals surface area contributed by atoms with E-state index in [-0.39, 0.29) is 81.8 Å². The molecule has 316 valence electrons. The third kappa shape index (κ3) is 10.9. The Hall–Kier alpha value is -8.25. The van der Waals surface area contributed by atoms with Crippen molar-refractivity contribution in [3.05, 3.63) is 137 Å². The van der Waals surface area contributed by atoms with Gasteiger partial charge in [-0.05, 0) is 97.3 Å². The van der Waals surface area contributed by atoms with Crippen molar-refractivity contribution >= 4 is 57.7 Å². The molecule has 0 aliphatic rings. The number of methoxy groups -OCH3 is 2. The highest BCUT2D eigenvalue weighted by molar-refractivity contribution is 6.10. The second-order valence-electron chi connectivity index (χ2n) is 14.0. The molecule has 62 heavy (non-hydrogen) atoms. The van der Waals surface area contributed by atoms with Crippen LogP contribution < -0.4 is 25.4 Å². The minimum absolute atomic E-state index is 0.0163. The Morgan fingerprint density at radius 2 is 1.19 bits per heavy atom. The van der Waals surface area contributed by atoms with Gasteiger partial charge in [0.1, 0.15) is 5.75 Å². The number of anilines is 3. The van der Waals surface area contributed by atoms with Crippen LogP contribution in [-0.2, 0) is 16.0 Å². The van der Waals surface area contributed by atoms with Crippen LogP contribution in [0.2, 0.25) is 0 Å².